The highest BCUT2D eigenvalue weighted by Crippen LogP contribution is 2.30. The Kier molecular flexibility index (Phi) is 4.34. The lowest BCUT2D eigenvalue weighted by Gasteiger charge is -2.27. The van der Waals surface area contributed by atoms with Gasteiger partial charge in [0.05, 0.1) is 6.42 Å². The van der Waals surface area contributed by atoms with Crippen LogP contribution in [-0.4, -0.2) is 27.5 Å². The SMILES string of the molecule is Cc1noc(C2CCCCCN2C(=O)Cc2cccs2)n1. The van der Waals surface area contributed by atoms with Crippen molar-refractivity contribution >= 4 is 17.2 Å². The Labute approximate surface area is 128 Å². The molecule has 0 bridgehead atoms. The minimum Gasteiger partial charge on any atom is -0.337 e. The molecule has 1 atom stereocenters. The summed E-state index contributed by atoms with van der Waals surface area (Å²) in [6.07, 6.45) is 4.64. The van der Waals surface area contributed by atoms with E-state index in [0.29, 0.717) is 18.1 Å². The number of carbonyl (C=O) groups is 1. The van der Waals surface area contributed by atoms with E-state index in [1.807, 2.05) is 29.3 Å². The van der Waals surface area contributed by atoms with Gasteiger partial charge in [-0.1, -0.05) is 24.1 Å². The first-order valence-electron chi connectivity index (χ1n) is 7.36. The Bertz CT molecular complexity index is 594. The molecule has 21 heavy (non-hydrogen) atoms. The molecule has 2 aromatic rings. The smallest absolute Gasteiger partial charge is 0.249 e. The number of aromatic nitrogens is 2. The first-order chi connectivity index (χ1) is 10.2. The maximum atomic E-state index is 12.7. The van der Waals surface area contributed by atoms with Gasteiger partial charge in [-0.05, 0) is 31.2 Å². The second-order valence-corrected chi connectivity index (χ2v) is 6.42. The van der Waals surface area contributed by atoms with Crippen molar-refractivity contribution in [3.05, 3.63) is 34.1 Å². The van der Waals surface area contributed by atoms with Gasteiger partial charge in [-0.3, -0.25) is 4.79 Å². The fraction of sp³-hybridized carbons (Fsp3) is 0.533. The third kappa shape index (κ3) is 3.32. The van der Waals surface area contributed by atoms with Crippen LogP contribution < -0.4 is 0 Å². The molecule has 1 amide bonds. The topological polar surface area (TPSA) is 59.2 Å². The van der Waals surface area contributed by atoms with Crippen LogP contribution in [0.4, 0.5) is 0 Å². The van der Waals surface area contributed by atoms with Crippen LogP contribution in [0.3, 0.4) is 0 Å². The Hall–Kier alpha value is -1.69. The molecule has 112 valence electrons. The van der Waals surface area contributed by atoms with Crippen molar-refractivity contribution in [2.24, 2.45) is 0 Å². The van der Waals surface area contributed by atoms with E-state index in [1.165, 1.54) is 0 Å². The van der Waals surface area contributed by atoms with E-state index >= 15 is 0 Å². The van der Waals surface area contributed by atoms with Crippen molar-refractivity contribution in [1.29, 1.82) is 0 Å². The number of thiophene rings is 1. The van der Waals surface area contributed by atoms with Crippen LogP contribution in [0, 0.1) is 6.92 Å². The molecule has 1 fully saturated rings. The average Bonchev–Trinajstić information content (AvgIpc) is 3.05. The molecule has 3 rings (SSSR count). The van der Waals surface area contributed by atoms with Gasteiger partial charge in [0.1, 0.15) is 6.04 Å². The van der Waals surface area contributed by atoms with Crippen molar-refractivity contribution in [2.75, 3.05) is 6.54 Å². The molecular weight excluding hydrogens is 286 g/mol. The lowest BCUT2D eigenvalue weighted by Crippen LogP contribution is -2.36. The summed E-state index contributed by atoms with van der Waals surface area (Å²) >= 11 is 1.62. The van der Waals surface area contributed by atoms with E-state index in [4.69, 9.17) is 4.52 Å². The lowest BCUT2D eigenvalue weighted by molar-refractivity contribution is -0.133. The third-order valence-electron chi connectivity index (χ3n) is 3.81. The quantitative estimate of drug-likeness (QED) is 0.874. The molecule has 0 aromatic carbocycles. The van der Waals surface area contributed by atoms with Gasteiger partial charge < -0.3 is 9.42 Å². The van der Waals surface area contributed by atoms with Gasteiger partial charge in [-0.15, -0.1) is 11.3 Å². The fourth-order valence-corrected chi connectivity index (χ4v) is 3.47. The van der Waals surface area contributed by atoms with Gasteiger partial charge >= 0.3 is 0 Å². The number of hydrogen-bond donors (Lipinski definition) is 0. The highest BCUT2D eigenvalue weighted by atomic mass is 32.1. The Morgan fingerprint density at radius 3 is 3.10 bits per heavy atom. The van der Waals surface area contributed by atoms with Crippen LogP contribution in [0.5, 0.6) is 0 Å². The summed E-state index contributed by atoms with van der Waals surface area (Å²) < 4.78 is 5.32. The number of amides is 1. The number of likely N-dealkylation sites (tertiary alicyclic amines) is 1. The fourth-order valence-electron chi connectivity index (χ4n) is 2.78. The van der Waals surface area contributed by atoms with Crippen molar-refractivity contribution in [3.8, 4) is 0 Å². The standard InChI is InChI=1S/C15H19N3O2S/c1-11-16-15(20-17-11)13-7-3-2-4-8-18(13)14(19)10-12-6-5-9-21-12/h5-6,9,13H,2-4,7-8,10H2,1H3. The molecule has 0 aliphatic carbocycles. The van der Waals surface area contributed by atoms with Gasteiger partial charge in [0, 0.05) is 11.4 Å². The second-order valence-electron chi connectivity index (χ2n) is 5.39. The zero-order valence-electron chi connectivity index (χ0n) is 12.1. The molecule has 1 aliphatic heterocycles. The average molecular weight is 305 g/mol. The predicted molar refractivity (Wildman–Crippen MR) is 80.0 cm³/mol. The Morgan fingerprint density at radius 1 is 1.48 bits per heavy atom. The summed E-state index contributed by atoms with van der Waals surface area (Å²) in [6.45, 7) is 2.58. The van der Waals surface area contributed by atoms with Crippen LogP contribution in [0.1, 0.15) is 48.3 Å². The number of nitrogens with zero attached hydrogens (tertiary/aromatic N) is 3. The number of aryl methyl sites for hydroxylation is 1. The monoisotopic (exact) mass is 305 g/mol. The molecule has 0 radical (unpaired) electrons. The Morgan fingerprint density at radius 2 is 2.38 bits per heavy atom. The second kappa shape index (κ2) is 6.39. The summed E-state index contributed by atoms with van der Waals surface area (Å²) in [4.78, 5) is 20.0. The van der Waals surface area contributed by atoms with Gasteiger partial charge in [0.15, 0.2) is 5.82 Å². The molecule has 1 unspecified atom stereocenters. The van der Waals surface area contributed by atoms with Crippen molar-refractivity contribution < 1.29 is 9.32 Å². The maximum absolute atomic E-state index is 12.7. The highest BCUT2D eigenvalue weighted by Gasteiger charge is 2.30. The molecular formula is C15H19N3O2S. The maximum Gasteiger partial charge on any atom is 0.249 e. The van der Waals surface area contributed by atoms with Crippen molar-refractivity contribution in [2.45, 2.75) is 45.1 Å². The summed E-state index contributed by atoms with van der Waals surface area (Å²) in [5, 5.41) is 5.87. The van der Waals surface area contributed by atoms with Gasteiger partial charge in [-0.25, -0.2) is 0 Å². The van der Waals surface area contributed by atoms with E-state index in [2.05, 4.69) is 10.1 Å². The Balaban J connectivity index is 1.79. The minimum atomic E-state index is -0.0684. The van der Waals surface area contributed by atoms with Crippen LogP contribution in [0.15, 0.2) is 22.0 Å². The number of carbonyl (C=O) groups excluding carboxylic acids is 1. The summed E-state index contributed by atoms with van der Waals surface area (Å²) in [6, 6.07) is 3.92. The largest absolute Gasteiger partial charge is 0.337 e. The van der Waals surface area contributed by atoms with E-state index in [-0.39, 0.29) is 11.9 Å². The molecule has 0 spiro atoms. The molecule has 0 N–H and O–H groups in total. The minimum absolute atomic E-state index is 0.0684. The molecule has 5 nitrogen and oxygen atoms in total. The van der Waals surface area contributed by atoms with Crippen LogP contribution in [-0.2, 0) is 11.2 Å². The normalized spacial score (nSPS) is 19.5. The molecule has 6 heteroatoms. The molecule has 3 heterocycles. The molecule has 1 aliphatic rings. The predicted octanol–water partition coefficient (Wildman–Crippen LogP) is 3.13. The van der Waals surface area contributed by atoms with Crippen LogP contribution >= 0.6 is 11.3 Å². The summed E-state index contributed by atoms with van der Waals surface area (Å²) in [7, 11) is 0. The summed E-state index contributed by atoms with van der Waals surface area (Å²) in [5.74, 6) is 1.36. The lowest BCUT2D eigenvalue weighted by atomic mass is 10.1. The molecule has 2 aromatic heterocycles. The first kappa shape index (κ1) is 14.3. The van der Waals surface area contributed by atoms with E-state index in [1.54, 1.807) is 11.3 Å². The highest BCUT2D eigenvalue weighted by molar-refractivity contribution is 7.10. The van der Waals surface area contributed by atoms with Gasteiger partial charge in [0.2, 0.25) is 11.8 Å². The van der Waals surface area contributed by atoms with Crippen LogP contribution in [0.2, 0.25) is 0 Å². The van der Waals surface area contributed by atoms with Crippen molar-refractivity contribution in [3.63, 3.8) is 0 Å². The zero-order chi connectivity index (χ0) is 14.7. The van der Waals surface area contributed by atoms with Gasteiger partial charge in [0.25, 0.3) is 0 Å². The molecule has 1 saturated heterocycles. The van der Waals surface area contributed by atoms with Crippen LogP contribution in [0.25, 0.3) is 0 Å². The molecule has 0 saturated carbocycles. The zero-order valence-corrected chi connectivity index (χ0v) is 12.9. The van der Waals surface area contributed by atoms with E-state index in [0.717, 1.165) is 37.1 Å². The number of rotatable bonds is 3. The van der Waals surface area contributed by atoms with Gasteiger partial charge in [-0.2, -0.15) is 4.98 Å². The first-order valence-corrected chi connectivity index (χ1v) is 8.24. The van der Waals surface area contributed by atoms with E-state index in [9.17, 15) is 4.79 Å². The third-order valence-corrected chi connectivity index (χ3v) is 4.68. The summed E-state index contributed by atoms with van der Waals surface area (Å²) in [5.41, 5.74) is 0. The van der Waals surface area contributed by atoms with Crippen molar-refractivity contribution in [1.82, 2.24) is 15.0 Å². The van der Waals surface area contributed by atoms with E-state index < -0.39 is 0 Å². The number of hydrogen-bond acceptors (Lipinski definition) is 5.